The predicted molar refractivity (Wildman–Crippen MR) is 188 cm³/mol. The highest BCUT2D eigenvalue weighted by molar-refractivity contribution is 6.31. The minimum atomic E-state index is -0.440. The van der Waals surface area contributed by atoms with Crippen LogP contribution in [0.25, 0.3) is 0 Å². The number of aliphatic hydroxyl groups is 2. The van der Waals surface area contributed by atoms with E-state index in [0.29, 0.717) is 20.1 Å². The minimum Gasteiger partial charge on any atom is -0.392 e. The van der Waals surface area contributed by atoms with Gasteiger partial charge >= 0.3 is 0 Å². The van der Waals surface area contributed by atoms with E-state index in [1.807, 2.05) is 125 Å². The van der Waals surface area contributed by atoms with E-state index in [1.165, 1.54) is 0 Å². The van der Waals surface area contributed by atoms with E-state index < -0.39 is 12.2 Å². The number of rotatable bonds is 4. The van der Waals surface area contributed by atoms with Gasteiger partial charge in [-0.1, -0.05) is 123 Å². The van der Waals surface area contributed by atoms with Crippen molar-refractivity contribution in [3.05, 3.63) is 139 Å². The normalized spacial score (nSPS) is 31.1. The van der Waals surface area contributed by atoms with E-state index in [4.69, 9.17) is 55.9 Å². The van der Waals surface area contributed by atoms with Gasteiger partial charge in [0, 0.05) is 43.8 Å². The Hall–Kier alpha value is -2.12. The van der Waals surface area contributed by atoms with E-state index in [9.17, 15) is 10.2 Å². The first kappa shape index (κ1) is 35.2. The quantitative estimate of drug-likeness (QED) is 0.222. The molecule has 8 heteroatoms. The molecule has 0 radical (unpaired) electrons. The van der Waals surface area contributed by atoms with Gasteiger partial charge in [-0.2, -0.15) is 0 Å². The van der Waals surface area contributed by atoms with Crippen molar-refractivity contribution in [2.24, 2.45) is 23.7 Å². The second-order valence-electron chi connectivity index (χ2n) is 12.6. The third kappa shape index (κ3) is 7.94. The number of benzene rings is 4. The van der Waals surface area contributed by atoms with Gasteiger partial charge < -0.3 is 19.7 Å². The fourth-order valence-corrected chi connectivity index (χ4v) is 7.13. The topological polar surface area (TPSA) is 58.9 Å². The maximum atomic E-state index is 10.7. The van der Waals surface area contributed by atoms with Crippen LogP contribution in [-0.2, 0) is 9.47 Å². The molecule has 2 aliphatic rings. The summed E-state index contributed by atoms with van der Waals surface area (Å²) < 4.78 is 12.8. The maximum absolute atomic E-state index is 10.7. The number of hydrogen-bond acceptors (Lipinski definition) is 4. The molecule has 2 heterocycles. The average Bonchev–Trinajstić information content (AvgIpc) is 3.05. The van der Waals surface area contributed by atoms with Crippen LogP contribution in [0.3, 0.4) is 0 Å². The van der Waals surface area contributed by atoms with Crippen LogP contribution in [-0.4, -0.2) is 22.4 Å². The van der Waals surface area contributed by atoms with Crippen LogP contribution in [0, 0.1) is 23.7 Å². The van der Waals surface area contributed by atoms with Crippen molar-refractivity contribution in [1.82, 2.24) is 0 Å². The molecule has 2 fully saturated rings. The summed E-state index contributed by atoms with van der Waals surface area (Å²) >= 11 is 23.9. The predicted octanol–water partition coefficient (Wildman–Crippen LogP) is 10.9. The molecular weight excluding hydrogens is 662 g/mol. The lowest BCUT2D eigenvalue weighted by Crippen LogP contribution is -2.41. The van der Waals surface area contributed by atoms with Crippen LogP contribution < -0.4 is 0 Å². The molecule has 4 aromatic rings. The Morgan fingerprint density at radius 1 is 0.370 bits per heavy atom. The fraction of sp³-hybridized carbons (Fsp3) is 0.368. The third-order valence-electron chi connectivity index (χ3n) is 9.45. The van der Waals surface area contributed by atoms with Gasteiger partial charge in [-0.15, -0.1) is 0 Å². The second-order valence-corrected chi connectivity index (χ2v) is 14.3. The van der Waals surface area contributed by atoms with Crippen molar-refractivity contribution in [3.8, 4) is 0 Å². The first-order chi connectivity index (χ1) is 21.9. The molecule has 2 unspecified atom stereocenters. The maximum Gasteiger partial charge on any atom is 0.0883 e. The summed E-state index contributed by atoms with van der Waals surface area (Å²) in [5.41, 5.74) is 4.14. The SMILES string of the molecule is C[C@@H]1C(O)[C@H](C)[C@@H](c2ccc(Cl)cc2)O[C@H]1c1ccc(Cl)cc1.C[C@@H]1C(O)[C@H](C)[C@@H](c2ccc(Cl)cc2)O[C@H]1c1ccc(Cl)cc1. The number of hydrogen-bond donors (Lipinski definition) is 2. The van der Waals surface area contributed by atoms with E-state index in [-0.39, 0.29) is 48.1 Å². The van der Waals surface area contributed by atoms with Crippen molar-refractivity contribution in [2.75, 3.05) is 0 Å². The van der Waals surface area contributed by atoms with Crippen LogP contribution in [0.4, 0.5) is 0 Å². The van der Waals surface area contributed by atoms with Gasteiger partial charge in [0.2, 0.25) is 0 Å². The van der Waals surface area contributed by atoms with Gasteiger partial charge in [0.05, 0.1) is 36.6 Å². The van der Waals surface area contributed by atoms with Crippen molar-refractivity contribution in [2.45, 2.75) is 64.3 Å². The summed E-state index contributed by atoms with van der Waals surface area (Å²) in [6.45, 7) is 8.11. The molecule has 244 valence electrons. The molecule has 46 heavy (non-hydrogen) atoms. The van der Waals surface area contributed by atoms with E-state index in [1.54, 1.807) is 0 Å². The monoisotopic (exact) mass is 700 g/mol. The van der Waals surface area contributed by atoms with Crippen molar-refractivity contribution in [1.29, 1.82) is 0 Å². The lowest BCUT2D eigenvalue weighted by atomic mass is 9.79. The minimum absolute atomic E-state index is 0.00901. The van der Waals surface area contributed by atoms with Gasteiger partial charge in [-0.05, 0) is 70.8 Å². The van der Waals surface area contributed by atoms with E-state index >= 15 is 0 Å². The Morgan fingerprint density at radius 3 is 0.717 bits per heavy atom. The number of aliphatic hydroxyl groups excluding tert-OH is 2. The van der Waals surface area contributed by atoms with Crippen molar-refractivity contribution in [3.63, 3.8) is 0 Å². The Kier molecular flexibility index (Phi) is 11.8. The Morgan fingerprint density at radius 2 is 0.543 bits per heavy atom. The first-order valence-corrected chi connectivity index (χ1v) is 17.1. The zero-order chi connectivity index (χ0) is 33.1. The van der Waals surface area contributed by atoms with Gasteiger partial charge in [0.25, 0.3) is 0 Å². The van der Waals surface area contributed by atoms with E-state index in [0.717, 1.165) is 22.3 Å². The molecule has 0 saturated carbocycles. The summed E-state index contributed by atoms with van der Waals surface area (Å²) in [6.07, 6.45) is -1.55. The molecule has 4 aromatic carbocycles. The Bertz CT molecular complexity index is 1310. The molecule has 2 N–H and O–H groups in total. The molecule has 0 bridgehead atoms. The van der Waals surface area contributed by atoms with Crippen LogP contribution in [0.2, 0.25) is 20.1 Å². The molecule has 10 atom stereocenters. The standard InChI is InChI=1S/2C19H20Cl2O2/c2*1-11-17(22)12(2)19(14-5-9-16(21)10-6-14)23-18(11)13-3-7-15(20)8-4-13/h2*3-12,17-19,22H,1-2H3/t2*11-,12+,17?,18-,19+. The lowest BCUT2D eigenvalue weighted by molar-refractivity contribution is -0.169. The van der Waals surface area contributed by atoms with Crippen molar-refractivity contribution < 1.29 is 19.7 Å². The first-order valence-electron chi connectivity index (χ1n) is 15.6. The Labute approximate surface area is 292 Å². The van der Waals surface area contributed by atoms with Gasteiger partial charge in [-0.3, -0.25) is 0 Å². The summed E-state index contributed by atoms with van der Waals surface area (Å²) in [5.74, 6) is 0.0360. The van der Waals surface area contributed by atoms with Gasteiger partial charge in [0.1, 0.15) is 0 Å². The summed E-state index contributed by atoms with van der Waals surface area (Å²) in [5, 5.41) is 24.2. The summed E-state index contributed by atoms with van der Waals surface area (Å²) in [6, 6.07) is 30.6. The summed E-state index contributed by atoms with van der Waals surface area (Å²) in [4.78, 5) is 0. The molecule has 2 aliphatic heterocycles. The van der Waals surface area contributed by atoms with Crippen LogP contribution in [0.1, 0.15) is 74.4 Å². The molecule has 4 nitrogen and oxygen atoms in total. The van der Waals surface area contributed by atoms with Crippen LogP contribution in [0.15, 0.2) is 97.1 Å². The number of ether oxygens (including phenoxy) is 2. The van der Waals surface area contributed by atoms with Crippen molar-refractivity contribution >= 4 is 46.4 Å². The smallest absolute Gasteiger partial charge is 0.0883 e. The molecule has 0 aromatic heterocycles. The number of halogens is 4. The average molecular weight is 703 g/mol. The molecule has 6 rings (SSSR count). The highest BCUT2D eigenvalue weighted by Crippen LogP contribution is 2.47. The van der Waals surface area contributed by atoms with Crippen LogP contribution in [0.5, 0.6) is 0 Å². The fourth-order valence-electron chi connectivity index (χ4n) is 6.62. The summed E-state index contributed by atoms with van der Waals surface area (Å²) in [7, 11) is 0. The molecule has 0 aliphatic carbocycles. The molecule has 0 amide bonds. The third-order valence-corrected chi connectivity index (χ3v) is 10.5. The van der Waals surface area contributed by atoms with Gasteiger partial charge in [0.15, 0.2) is 0 Å². The molecule has 2 saturated heterocycles. The van der Waals surface area contributed by atoms with Crippen LogP contribution >= 0.6 is 46.4 Å². The van der Waals surface area contributed by atoms with E-state index in [2.05, 4.69) is 0 Å². The molecular formula is C38H40Cl4O4. The zero-order valence-electron chi connectivity index (χ0n) is 26.2. The largest absolute Gasteiger partial charge is 0.392 e. The Balaban J connectivity index is 0.000000181. The highest BCUT2D eigenvalue weighted by Gasteiger charge is 2.43. The molecule has 0 spiro atoms. The second kappa shape index (κ2) is 15.4. The lowest BCUT2D eigenvalue weighted by Gasteiger charge is -2.43. The zero-order valence-corrected chi connectivity index (χ0v) is 29.3. The van der Waals surface area contributed by atoms with Gasteiger partial charge in [-0.25, -0.2) is 0 Å². The highest BCUT2D eigenvalue weighted by atomic mass is 35.5.